The van der Waals surface area contributed by atoms with Crippen molar-refractivity contribution in [3.8, 4) is 11.5 Å². The van der Waals surface area contributed by atoms with Crippen LogP contribution in [0.4, 0.5) is 0 Å². The highest BCUT2D eigenvalue weighted by molar-refractivity contribution is 5.92. The van der Waals surface area contributed by atoms with Crippen molar-refractivity contribution in [3.63, 3.8) is 0 Å². The molecule has 0 radical (unpaired) electrons. The van der Waals surface area contributed by atoms with E-state index in [1.54, 1.807) is 30.3 Å². The molecular formula is C24H32N4O6. The van der Waals surface area contributed by atoms with Crippen molar-refractivity contribution in [3.05, 3.63) is 59.2 Å². The molecule has 2 rings (SSSR count). The van der Waals surface area contributed by atoms with E-state index in [9.17, 15) is 29.7 Å². The summed E-state index contributed by atoms with van der Waals surface area (Å²) in [4.78, 5) is 37.6. The summed E-state index contributed by atoms with van der Waals surface area (Å²) in [5.74, 6) is -3.19. The molecule has 2 aromatic carbocycles. The molecule has 9 N–H and O–H groups in total. The normalized spacial score (nSPS) is 13.5. The molecule has 0 heterocycles. The maximum atomic E-state index is 13.0. The highest BCUT2D eigenvalue weighted by Crippen LogP contribution is 2.31. The van der Waals surface area contributed by atoms with Crippen LogP contribution in [0.5, 0.6) is 11.5 Å². The van der Waals surface area contributed by atoms with E-state index in [1.165, 1.54) is 19.1 Å². The zero-order valence-corrected chi connectivity index (χ0v) is 19.0. The van der Waals surface area contributed by atoms with Gasteiger partial charge in [-0.25, -0.2) is 4.79 Å². The Morgan fingerprint density at radius 3 is 2.21 bits per heavy atom. The summed E-state index contributed by atoms with van der Waals surface area (Å²) < 4.78 is 0. The fraction of sp³-hybridized carbons (Fsp3) is 0.375. The van der Waals surface area contributed by atoms with E-state index in [1.807, 2.05) is 0 Å². The molecule has 184 valence electrons. The molecule has 2 amide bonds. The summed E-state index contributed by atoms with van der Waals surface area (Å²) >= 11 is 0. The number of aliphatic carboxylic acids is 1. The van der Waals surface area contributed by atoms with Crippen molar-refractivity contribution < 1.29 is 29.7 Å². The Kier molecular flexibility index (Phi) is 9.84. The molecule has 10 nitrogen and oxygen atoms in total. The van der Waals surface area contributed by atoms with Crippen molar-refractivity contribution in [1.82, 2.24) is 10.6 Å². The van der Waals surface area contributed by atoms with Crippen molar-refractivity contribution in [1.29, 1.82) is 0 Å². The number of hydrogen-bond acceptors (Lipinski definition) is 7. The second kappa shape index (κ2) is 12.6. The Morgan fingerprint density at radius 2 is 1.59 bits per heavy atom. The average Bonchev–Trinajstić information content (AvgIpc) is 2.82. The molecule has 0 saturated carbocycles. The lowest BCUT2D eigenvalue weighted by molar-refractivity contribution is -0.142. The largest absolute Gasteiger partial charge is 0.504 e. The molecule has 0 aliphatic rings. The third-order valence-corrected chi connectivity index (χ3v) is 5.58. The van der Waals surface area contributed by atoms with Crippen molar-refractivity contribution in [2.75, 3.05) is 6.54 Å². The quantitative estimate of drug-likeness (QED) is 0.175. The molecule has 0 saturated heterocycles. The lowest BCUT2D eigenvalue weighted by Crippen LogP contribution is -2.53. The Labute approximate surface area is 198 Å². The van der Waals surface area contributed by atoms with Crippen LogP contribution in [-0.4, -0.2) is 51.7 Å². The first-order valence-corrected chi connectivity index (χ1v) is 11.0. The van der Waals surface area contributed by atoms with E-state index in [4.69, 9.17) is 11.5 Å². The number of amides is 2. The first-order valence-electron chi connectivity index (χ1n) is 11.0. The zero-order chi connectivity index (χ0) is 25.3. The minimum Gasteiger partial charge on any atom is -0.504 e. The monoisotopic (exact) mass is 472 g/mol. The number of unbranched alkanes of at least 4 members (excludes halogenated alkanes) is 1. The molecule has 0 bridgehead atoms. The van der Waals surface area contributed by atoms with Crippen LogP contribution < -0.4 is 22.1 Å². The van der Waals surface area contributed by atoms with Crippen LogP contribution in [0.15, 0.2) is 42.5 Å². The Hall–Kier alpha value is -3.63. The smallest absolute Gasteiger partial charge is 0.326 e. The van der Waals surface area contributed by atoms with Crippen LogP contribution in [0.1, 0.15) is 42.0 Å². The standard InChI is InChI=1S/C24H32N4O6/c1-14-16(10-11-19(29)21(14)30)13-18(24(33)34)28-22(31)17(9-5-6-12-25)27-23(32)20(26)15-7-3-2-4-8-15/h2-4,7-8,10-11,17-18,20,29-30H,5-6,9,12-13,25-26H2,1H3,(H,27,32)(H,28,31)(H,33,34)/t17-,18-,20+/m0/s1. The molecule has 0 spiro atoms. The summed E-state index contributed by atoms with van der Waals surface area (Å²) in [6.07, 6.45) is 1.28. The number of hydrogen-bond donors (Lipinski definition) is 7. The number of benzene rings is 2. The number of phenolic OH excluding ortho intramolecular Hbond substituents is 2. The minimum atomic E-state index is -1.33. The van der Waals surface area contributed by atoms with Crippen molar-refractivity contribution >= 4 is 17.8 Å². The van der Waals surface area contributed by atoms with Crippen LogP contribution >= 0.6 is 0 Å². The Bertz CT molecular complexity index is 998. The summed E-state index contributed by atoms with van der Waals surface area (Å²) in [6.45, 7) is 1.94. The number of carboxylic acid groups (broad SMARTS) is 1. The van der Waals surface area contributed by atoms with Gasteiger partial charge in [0, 0.05) is 6.42 Å². The molecule has 0 aromatic heterocycles. The van der Waals surface area contributed by atoms with Crippen LogP contribution in [0, 0.1) is 6.92 Å². The van der Waals surface area contributed by atoms with E-state index in [0.717, 1.165) is 0 Å². The second-order valence-corrected chi connectivity index (χ2v) is 8.05. The SMILES string of the molecule is Cc1c(C[C@H](NC(=O)[C@H](CCCCN)NC(=O)[C@H](N)c2ccccc2)C(=O)O)ccc(O)c1O. The van der Waals surface area contributed by atoms with E-state index in [2.05, 4.69) is 10.6 Å². The number of carboxylic acids is 1. The summed E-state index contributed by atoms with van der Waals surface area (Å²) in [6, 6.07) is 8.07. The van der Waals surface area contributed by atoms with E-state index >= 15 is 0 Å². The predicted molar refractivity (Wildman–Crippen MR) is 126 cm³/mol. The van der Waals surface area contributed by atoms with Gasteiger partial charge in [0.25, 0.3) is 0 Å². The maximum absolute atomic E-state index is 13.0. The molecular weight excluding hydrogens is 440 g/mol. The first-order chi connectivity index (χ1) is 16.1. The molecule has 0 unspecified atom stereocenters. The van der Waals surface area contributed by atoms with Gasteiger partial charge in [0.15, 0.2) is 11.5 Å². The predicted octanol–water partition coefficient (Wildman–Crippen LogP) is 0.832. The second-order valence-electron chi connectivity index (χ2n) is 8.05. The van der Waals surface area contributed by atoms with Gasteiger partial charge >= 0.3 is 5.97 Å². The Balaban J connectivity index is 2.16. The molecule has 2 aromatic rings. The van der Waals surface area contributed by atoms with Gasteiger partial charge in [-0.15, -0.1) is 0 Å². The van der Waals surface area contributed by atoms with Gasteiger partial charge < -0.3 is 37.4 Å². The molecule has 3 atom stereocenters. The van der Waals surface area contributed by atoms with Gasteiger partial charge in [0.05, 0.1) is 0 Å². The molecule has 0 fully saturated rings. The third kappa shape index (κ3) is 7.19. The fourth-order valence-corrected chi connectivity index (χ4v) is 3.48. The van der Waals surface area contributed by atoms with Crippen molar-refractivity contribution in [2.45, 2.75) is 50.7 Å². The summed E-state index contributed by atoms with van der Waals surface area (Å²) in [7, 11) is 0. The lowest BCUT2D eigenvalue weighted by Gasteiger charge is -2.23. The van der Waals surface area contributed by atoms with E-state index < -0.39 is 35.9 Å². The van der Waals surface area contributed by atoms with Crippen molar-refractivity contribution in [2.24, 2.45) is 11.5 Å². The number of phenols is 2. The number of rotatable bonds is 12. The highest BCUT2D eigenvalue weighted by Gasteiger charge is 2.29. The molecule has 34 heavy (non-hydrogen) atoms. The molecule has 0 aliphatic carbocycles. The van der Waals surface area contributed by atoms with Gasteiger partial charge in [-0.2, -0.15) is 0 Å². The highest BCUT2D eigenvalue weighted by atomic mass is 16.4. The Morgan fingerprint density at radius 1 is 0.941 bits per heavy atom. The fourth-order valence-electron chi connectivity index (χ4n) is 3.48. The van der Waals surface area contributed by atoms with Crippen LogP contribution in [0.3, 0.4) is 0 Å². The van der Waals surface area contributed by atoms with Gasteiger partial charge in [-0.05, 0) is 55.5 Å². The maximum Gasteiger partial charge on any atom is 0.326 e. The third-order valence-electron chi connectivity index (χ3n) is 5.58. The van der Waals surface area contributed by atoms with Crippen LogP contribution in [-0.2, 0) is 20.8 Å². The number of carbonyl (C=O) groups excluding carboxylic acids is 2. The number of carbonyl (C=O) groups is 3. The number of nitrogens with two attached hydrogens (primary N) is 2. The summed E-state index contributed by atoms with van der Waals surface area (Å²) in [5.41, 5.74) is 12.9. The summed E-state index contributed by atoms with van der Waals surface area (Å²) in [5, 5.41) is 34.3. The number of nitrogens with one attached hydrogen (secondary N) is 2. The van der Waals surface area contributed by atoms with Crippen LogP contribution in [0.2, 0.25) is 0 Å². The molecule has 10 heteroatoms. The van der Waals surface area contributed by atoms with Gasteiger partial charge in [-0.3, -0.25) is 9.59 Å². The van der Waals surface area contributed by atoms with E-state index in [-0.39, 0.29) is 24.3 Å². The number of aromatic hydroxyl groups is 2. The van der Waals surface area contributed by atoms with Crippen LogP contribution in [0.25, 0.3) is 0 Å². The lowest BCUT2D eigenvalue weighted by atomic mass is 9.99. The van der Waals surface area contributed by atoms with E-state index in [0.29, 0.717) is 36.1 Å². The topological polar surface area (TPSA) is 188 Å². The van der Waals surface area contributed by atoms with Gasteiger partial charge in [-0.1, -0.05) is 36.4 Å². The minimum absolute atomic E-state index is 0.131. The first kappa shape index (κ1) is 26.6. The average molecular weight is 473 g/mol. The molecule has 0 aliphatic heterocycles. The van der Waals surface area contributed by atoms with Gasteiger partial charge in [0.2, 0.25) is 11.8 Å². The zero-order valence-electron chi connectivity index (χ0n) is 19.0. The van der Waals surface area contributed by atoms with Gasteiger partial charge in [0.1, 0.15) is 18.1 Å².